The third-order valence-electron chi connectivity index (χ3n) is 2.81. The molecule has 2 aromatic rings. The summed E-state index contributed by atoms with van der Waals surface area (Å²) in [5.41, 5.74) is 3.52. The molecule has 0 amide bonds. The number of hydrogen-bond acceptors (Lipinski definition) is 2. The van der Waals surface area contributed by atoms with E-state index in [2.05, 4.69) is 36.5 Å². The van der Waals surface area contributed by atoms with Crippen LogP contribution in [0.3, 0.4) is 0 Å². The maximum Gasteiger partial charge on any atom is 0.138 e. The van der Waals surface area contributed by atoms with E-state index in [1.54, 1.807) is 0 Å². The van der Waals surface area contributed by atoms with Gasteiger partial charge in [0.15, 0.2) is 0 Å². The number of hydrogen-bond donors (Lipinski definition) is 1. The summed E-state index contributed by atoms with van der Waals surface area (Å²) in [4.78, 5) is 0. The second kappa shape index (κ2) is 6.48. The second-order valence-electron chi connectivity index (χ2n) is 4.42. The Kier molecular flexibility index (Phi) is 4.69. The van der Waals surface area contributed by atoms with E-state index in [9.17, 15) is 0 Å². The lowest BCUT2D eigenvalue weighted by Gasteiger charge is -2.10. The van der Waals surface area contributed by atoms with Crippen LogP contribution < -0.4 is 10.1 Å². The molecule has 2 rings (SSSR count). The van der Waals surface area contributed by atoms with E-state index in [0.29, 0.717) is 11.6 Å². The Morgan fingerprint density at radius 2 is 2.00 bits per heavy atom. The molecule has 0 radical (unpaired) electrons. The molecule has 0 aliphatic rings. The van der Waals surface area contributed by atoms with Crippen molar-refractivity contribution in [3.8, 4) is 5.75 Å². The molecule has 0 aliphatic heterocycles. The largest absolute Gasteiger partial charge is 0.492 e. The van der Waals surface area contributed by atoms with E-state index in [1.807, 2.05) is 25.1 Å². The molecule has 0 unspecified atom stereocenters. The average Bonchev–Trinajstić information content (AvgIpc) is 2.39. The molecule has 0 bridgehead atoms. The molecule has 0 saturated carbocycles. The number of aryl methyl sites for hydroxylation is 1. The van der Waals surface area contributed by atoms with Crippen LogP contribution in [0.1, 0.15) is 18.1 Å². The first-order chi connectivity index (χ1) is 9.19. The van der Waals surface area contributed by atoms with E-state index < -0.39 is 0 Å². The first kappa shape index (κ1) is 13.8. The summed E-state index contributed by atoms with van der Waals surface area (Å²) in [7, 11) is 0. The Balaban J connectivity index is 2.02. The first-order valence-electron chi connectivity index (χ1n) is 6.41. The summed E-state index contributed by atoms with van der Waals surface area (Å²) >= 11 is 6.15. The number of ether oxygens (including phenoxy) is 1. The van der Waals surface area contributed by atoms with Crippen molar-refractivity contribution in [1.29, 1.82) is 0 Å². The molecule has 0 aromatic heterocycles. The highest BCUT2D eigenvalue weighted by atomic mass is 35.5. The highest BCUT2D eigenvalue weighted by molar-refractivity contribution is 6.32. The minimum absolute atomic E-state index is 0.621. The van der Waals surface area contributed by atoms with E-state index in [0.717, 1.165) is 18.0 Å². The lowest BCUT2D eigenvalue weighted by Crippen LogP contribution is -2.00. The van der Waals surface area contributed by atoms with Crippen molar-refractivity contribution < 1.29 is 4.74 Å². The highest BCUT2D eigenvalue weighted by Gasteiger charge is 2.02. The van der Waals surface area contributed by atoms with Crippen molar-refractivity contribution >= 4 is 17.3 Å². The zero-order valence-electron chi connectivity index (χ0n) is 11.2. The van der Waals surface area contributed by atoms with Crippen molar-refractivity contribution in [1.82, 2.24) is 0 Å². The molecule has 0 atom stereocenters. The van der Waals surface area contributed by atoms with Crippen LogP contribution in [-0.2, 0) is 6.54 Å². The van der Waals surface area contributed by atoms with Gasteiger partial charge in [0.2, 0.25) is 0 Å². The van der Waals surface area contributed by atoms with E-state index >= 15 is 0 Å². The van der Waals surface area contributed by atoms with Crippen LogP contribution in [0.25, 0.3) is 0 Å². The van der Waals surface area contributed by atoms with Crippen molar-refractivity contribution in [2.75, 3.05) is 11.9 Å². The summed E-state index contributed by atoms with van der Waals surface area (Å²) in [5.74, 6) is 0.727. The predicted octanol–water partition coefficient (Wildman–Crippen LogP) is 4.66. The van der Waals surface area contributed by atoms with E-state index in [1.165, 1.54) is 11.1 Å². The van der Waals surface area contributed by atoms with Gasteiger partial charge in [0.05, 0.1) is 11.6 Å². The first-order valence-corrected chi connectivity index (χ1v) is 6.78. The topological polar surface area (TPSA) is 21.3 Å². The van der Waals surface area contributed by atoms with Gasteiger partial charge < -0.3 is 10.1 Å². The molecule has 3 heteroatoms. The molecular formula is C16H18ClNO. The molecule has 2 aromatic carbocycles. The summed E-state index contributed by atoms with van der Waals surface area (Å²) in [6.07, 6.45) is 0. The molecule has 0 spiro atoms. The number of anilines is 1. The maximum atomic E-state index is 6.15. The monoisotopic (exact) mass is 275 g/mol. The number of benzene rings is 2. The summed E-state index contributed by atoms with van der Waals surface area (Å²) in [6, 6.07) is 14.2. The second-order valence-corrected chi connectivity index (χ2v) is 4.83. The molecule has 0 heterocycles. The van der Waals surface area contributed by atoms with Crippen LogP contribution in [0, 0.1) is 6.92 Å². The van der Waals surface area contributed by atoms with Crippen LogP contribution in [0.15, 0.2) is 42.5 Å². The normalized spacial score (nSPS) is 10.3. The van der Waals surface area contributed by atoms with Gasteiger partial charge in [-0.2, -0.15) is 0 Å². The Morgan fingerprint density at radius 3 is 2.68 bits per heavy atom. The Morgan fingerprint density at radius 1 is 1.16 bits per heavy atom. The Bertz CT molecular complexity index is 554. The maximum absolute atomic E-state index is 6.15. The van der Waals surface area contributed by atoms with Gasteiger partial charge in [0.1, 0.15) is 5.75 Å². The number of halogens is 1. The van der Waals surface area contributed by atoms with E-state index in [-0.39, 0.29) is 0 Å². The molecule has 19 heavy (non-hydrogen) atoms. The van der Waals surface area contributed by atoms with Crippen LogP contribution >= 0.6 is 11.6 Å². The molecule has 100 valence electrons. The predicted molar refractivity (Wildman–Crippen MR) is 81.1 cm³/mol. The molecule has 0 fully saturated rings. The van der Waals surface area contributed by atoms with E-state index in [4.69, 9.17) is 16.3 Å². The molecular weight excluding hydrogens is 258 g/mol. The molecule has 0 saturated heterocycles. The van der Waals surface area contributed by atoms with Gasteiger partial charge in [-0.05, 0) is 37.6 Å². The minimum Gasteiger partial charge on any atom is -0.492 e. The zero-order chi connectivity index (χ0) is 13.7. The summed E-state index contributed by atoms with van der Waals surface area (Å²) in [5, 5.41) is 3.99. The quantitative estimate of drug-likeness (QED) is 0.857. The fraction of sp³-hybridized carbons (Fsp3) is 0.250. The van der Waals surface area contributed by atoms with Crippen molar-refractivity contribution in [3.05, 3.63) is 58.6 Å². The van der Waals surface area contributed by atoms with Gasteiger partial charge in [-0.1, -0.05) is 41.4 Å². The van der Waals surface area contributed by atoms with Gasteiger partial charge in [-0.15, -0.1) is 0 Å². The fourth-order valence-corrected chi connectivity index (χ4v) is 2.14. The van der Waals surface area contributed by atoms with Crippen molar-refractivity contribution in [2.24, 2.45) is 0 Å². The van der Waals surface area contributed by atoms with Gasteiger partial charge in [-0.25, -0.2) is 0 Å². The van der Waals surface area contributed by atoms with Gasteiger partial charge >= 0.3 is 0 Å². The van der Waals surface area contributed by atoms with Crippen molar-refractivity contribution in [3.63, 3.8) is 0 Å². The van der Waals surface area contributed by atoms with Crippen molar-refractivity contribution in [2.45, 2.75) is 20.4 Å². The summed E-state index contributed by atoms with van der Waals surface area (Å²) < 4.78 is 5.41. The average molecular weight is 276 g/mol. The molecule has 0 aliphatic carbocycles. The number of nitrogens with one attached hydrogen (secondary N) is 1. The van der Waals surface area contributed by atoms with Gasteiger partial charge in [-0.3, -0.25) is 0 Å². The molecule has 2 nitrogen and oxygen atoms in total. The van der Waals surface area contributed by atoms with Crippen LogP contribution in [-0.4, -0.2) is 6.61 Å². The van der Waals surface area contributed by atoms with Crippen LogP contribution in [0.4, 0.5) is 5.69 Å². The molecule has 1 N–H and O–H groups in total. The third kappa shape index (κ3) is 3.90. The zero-order valence-corrected chi connectivity index (χ0v) is 12.0. The number of rotatable bonds is 5. The van der Waals surface area contributed by atoms with Crippen LogP contribution in [0.2, 0.25) is 5.02 Å². The van der Waals surface area contributed by atoms with Gasteiger partial charge in [0.25, 0.3) is 0 Å². The highest BCUT2D eigenvalue weighted by Crippen LogP contribution is 2.27. The van der Waals surface area contributed by atoms with Gasteiger partial charge in [0, 0.05) is 12.2 Å². The Hall–Kier alpha value is -1.67. The SMILES string of the molecule is CCOc1ccc(NCc2cccc(C)c2)cc1Cl. The summed E-state index contributed by atoms with van der Waals surface area (Å²) in [6.45, 7) is 5.44. The Labute approximate surface area is 119 Å². The lowest BCUT2D eigenvalue weighted by atomic mass is 10.1. The minimum atomic E-state index is 0.621. The fourth-order valence-electron chi connectivity index (χ4n) is 1.91. The smallest absolute Gasteiger partial charge is 0.138 e. The van der Waals surface area contributed by atoms with Crippen LogP contribution in [0.5, 0.6) is 5.75 Å². The third-order valence-corrected chi connectivity index (χ3v) is 3.11. The lowest BCUT2D eigenvalue weighted by molar-refractivity contribution is 0.340. The standard InChI is InChI=1S/C16H18ClNO/c1-3-19-16-8-7-14(10-15(16)17)18-11-13-6-4-5-12(2)9-13/h4-10,18H,3,11H2,1-2H3.